The average molecular weight is 614 g/mol. The number of furan rings is 1. The van der Waals surface area contributed by atoms with Crippen molar-refractivity contribution in [1.29, 1.82) is 0 Å². The lowest BCUT2D eigenvalue weighted by Crippen LogP contribution is -2.13. The summed E-state index contributed by atoms with van der Waals surface area (Å²) in [5, 5.41) is 4.64. The maximum absolute atomic E-state index is 6.48. The molecule has 1 heterocycles. The summed E-state index contributed by atoms with van der Waals surface area (Å²) < 4.78 is 6.48. The van der Waals surface area contributed by atoms with Crippen LogP contribution in [-0.4, -0.2) is 0 Å². The standard InChI is InChI=1S/C46H31NO/c1-4-14-32(15-5-1)36-24-27-38(33-16-6-2-7-17-33)43(30-36)47(37-26-28-41-40-22-12-13-23-44(40)48-45(41)31-37)42-29-25-34-18-10-11-21-39(34)46(42)35-19-8-3-9-20-35/h1-31H. The lowest BCUT2D eigenvalue weighted by atomic mass is 9.93. The summed E-state index contributed by atoms with van der Waals surface area (Å²) in [7, 11) is 0. The van der Waals surface area contributed by atoms with Gasteiger partial charge >= 0.3 is 0 Å². The number of fused-ring (bicyclic) bond motifs is 4. The molecule has 9 rings (SSSR count). The molecule has 0 aliphatic rings. The van der Waals surface area contributed by atoms with Gasteiger partial charge in [0.2, 0.25) is 0 Å². The van der Waals surface area contributed by atoms with Gasteiger partial charge in [-0.1, -0.05) is 152 Å². The minimum atomic E-state index is 0.862. The van der Waals surface area contributed by atoms with E-state index in [4.69, 9.17) is 4.42 Å². The van der Waals surface area contributed by atoms with Crippen LogP contribution in [0.1, 0.15) is 0 Å². The number of benzene rings is 8. The number of anilines is 3. The summed E-state index contributed by atoms with van der Waals surface area (Å²) in [5.41, 5.74) is 11.9. The third-order valence-corrected chi connectivity index (χ3v) is 9.26. The van der Waals surface area contributed by atoms with Crippen molar-refractivity contribution in [2.75, 3.05) is 4.90 Å². The molecule has 226 valence electrons. The van der Waals surface area contributed by atoms with Crippen molar-refractivity contribution in [2.45, 2.75) is 0 Å². The maximum atomic E-state index is 6.48. The molecule has 0 bridgehead atoms. The van der Waals surface area contributed by atoms with E-state index >= 15 is 0 Å². The molecule has 0 amide bonds. The van der Waals surface area contributed by atoms with Crippen LogP contribution in [0.3, 0.4) is 0 Å². The molecule has 48 heavy (non-hydrogen) atoms. The molecular weight excluding hydrogens is 583 g/mol. The van der Waals surface area contributed by atoms with Crippen LogP contribution in [0.25, 0.3) is 66.1 Å². The first kappa shape index (κ1) is 27.9. The Morgan fingerprint density at radius 3 is 1.75 bits per heavy atom. The van der Waals surface area contributed by atoms with Crippen LogP contribution >= 0.6 is 0 Å². The molecule has 0 saturated carbocycles. The molecule has 8 aromatic carbocycles. The van der Waals surface area contributed by atoms with Gasteiger partial charge in [0.05, 0.1) is 11.4 Å². The monoisotopic (exact) mass is 613 g/mol. The first-order valence-electron chi connectivity index (χ1n) is 16.4. The van der Waals surface area contributed by atoms with Gasteiger partial charge in [0, 0.05) is 33.7 Å². The fraction of sp³-hybridized carbons (Fsp3) is 0. The van der Waals surface area contributed by atoms with E-state index in [1.165, 1.54) is 27.5 Å². The topological polar surface area (TPSA) is 16.4 Å². The zero-order chi connectivity index (χ0) is 31.9. The maximum Gasteiger partial charge on any atom is 0.137 e. The second-order valence-corrected chi connectivity index (χ2v) is 12.1. The second kappa shape index (κ2) is 11.8. The zero-order valence-electron chi connectivity index (χ0n) is 26.3. The molecule has 0 atom stereocenters. The normalized spacial score (nSPS) is 11.3. The van der Waals surface area contributed by atoms with Gasteiger partial charge in [-0.05, 0) is 63.4 Å². The highest BCUT2D eigenvalue weighted by Crippen LogP contribution is 2.48. The predicted octanol–water partition coefficient (Wildman–Crippen LogP) is 13.2. The summed E-state index contributed by atoms with van der Waals surface area (Å²) in [6.45, 7) is 0. The first-order chi connectivity index (χ1) is 23.8. The quantitative estimate of drug-likeness (QED) is 0.185. The first-order valence-corrected chi connectivity index (χ1v) is 16.4. The third kappa shape index (κ3) is 4.83. The molecule has 2 nitrogen and oxygen atoms in total. The van der Waals surface area contributed by atoms with Crippen molar-refractivity contribution in [3.8, 4) is 33.4 Å². The molecule has 0 aliphatic heterocycles. The van der Waals surface area contributed by atoms with Crippen LogP contribution in [-0.2, 0) is 0 Å². The van der Waals surface area contributed by atoms with Crippen molar-refractivity contribution in [2.24, 2.45) is 0 Å². The van der Waals surface area contributed by atoms with Gasteiger partial charge in [0.1, 0.15) is 11.2 Å². The molecule has 2 heteroatoms. The number of para-hydroxylation sites is 1. The van der Waals surface area contributed by atoms with E-state index in [-0.39, 0.29) is 0 Å². The highest BCUT2D eigenvalue weighted by Gasteiger charge is 2.24. The highest BCUT2D eigenvalue weighted by atomic mass is 16.3. The van der Waals surface area contributed by atoms with Crippen LogP contribution in [0.4, 0.5) is 17.1 Å². The Kier molecular flexibility index (Phi) is 6.84. The highest BCUT2D eigenvalue weighted by molar-refractivity contribution is 6.09. The summed E-state index contributed by atoms with van der Waals surface area (Å²) >= 11 is 0. The lowest BCUT2D eigenvalue weighted by molar-refractivity contribution is 0.669. The smallest absolute Gasteiger partial charge is 0.137 e. The molecule has 0 radical (unpaired) electrons. The minimum Gasteiger partial charge on any atom is -0.456 e. The summed E-state index contributed by atoms with van der Waals surface area (Å²) in [6.07, 6.45) is 0. The van der Waals surface area contributed by atoms with Crippen molar-refractivity contribution >= 4 is 49.8 Å². The van der Waals surface area contributed by atoms with E-state index < -0.39 is 0 Å². The Balaban J connectivity index is 1.39. The minimum absolute atomic E-state index is 0.862. The van der Waals surface area contributed by atoms with Crippen molar-refractivity contribution in [1.82, 2.24) is 0 Å². The summed E-state index contributed by atoms with van der Waals surface area (Å²) in [6, 6.07) is 67.0. The Hall–Kier alpha value is -6.38. The Morgan fingerprint density at radius 2 is 0.979 bits per heavy atom. The van der Waals surface area contributed by atoms with Gasteiger partial charge in [-0.2, -0.15) is 0 Å². The summed E-state index contributed by atoms with van der Waals surface area (Å²) in [4.78, 5) is 2.43. The molecule has 9 aromatic rings. The van der Waals surface area contributed by atoms with Crippen LogP contribution in [0.5, 0.6) is 0 Å². The molecule has 0 spiro atoms. The van der Waals surface area contributed by atoms with Gasteiger partial charge in [0.15, 0.2) is 0 Å². The second-order valence-electron chi connectivity index (χ2n) is 12.1. The largest absolute Gasteiger partial charge is 0.456 e. The molecule has 0 aliphatic carbocycles. The predicted molar refractivity (Wildman–Crippen MR) is 202 cm³/mol. The van der Waals surface area contributed by atoms with Gasteiger partial charge in [-0.15, -0.1) is 0 Å². The SMILES string of the molecule is c1ccc(-c2ccc(-c3ccccc3)c(N(c3ccc4c(c3)oc3ccccc34)c3ccc4ccccc4c3-c3ccccc3)c2)cc1. The van der Waals surface area contributed by atoms with E-state index in [2.05, 4.69) is 181 Å². The molecule has 1 aromatic heterocycles. The molecule has 0 N–H and O–H groups in total. The average Bonchev–Trinajstić information content (AvgIpc) is 3.54. The molecule has 0 unspecified atom stereocenters. The fourth-order valence-electron chi connectivity index (χ4n) is 7.00. The van der Waals surface area contributed by atoms with E-state index in [1.54, 1.807) is 0 Å². The van der Waals surface area contributed by atoms with Crippen LogP contribution in [0.15, 0.2) is 192 Å². The van der Waals surface area contributed by atoms with E-state index in [0.717, 1.165) is 55.7 Å². The molecular formula is C46H31NO. The zero-order valence-corrected chi connectivity index (χ0v) is 26.3. The number of hydrogen-bond donors (Lipinski definition) is 0. The van der Waals surface area contributed by atoms with Crippen molar-refractivity contribution in [3.05, 3.63) is 188 Å². The molecule has 0 saturated heterocycles. The molecule has 0 fully saturated rings. The van der Waals surface area contributed by atoms with E-state index in [1.807, 2.05) is 12.1 Å². The van der Waals surface area contributed by atoms with E-state index in [9.17, 15) is 0 Å². The van der Waals surface area contributed by atoms with Crippen LogP contribution in [0.2, 0.25) is 0 Å². The number of rotatable bonds is 6. The van der Waals surface area contributed by atoms with Crippen LogP contribution < -0.4 is 4.90 Å². The van der Waals surface area contributed by atoms with E-state index in [0.29, 0.717) is 0 Å². The Morgan fingerprint density at radius 1 is 0.354 bits per heavy atom. The van der Waals surface area contributed by atoms with Gasteiger partial charge in [0.25, 0.3) is 0 Å². The number of hydrogen-bond acceptors (Lipinski definition) is 2. The third-order valence-electron chi connectivity index (χ3n) is 9.26. The fourth-order valence-corrected chi connectivity index (χ4v) is 7.00. The Bertz CT molecular complexity index is 2550. The van der Waals surface area contributed by atoms with Gasteiger partial charge in [-0.25, -0.2) is 0 Å². The van der Waals surface area contributed by atoms with Crippen LogP contribution in [0, 0.1) is 0 Å². The van der Waals surface area contributed by atoms with Gasteiger partial charge in [-0.3, -0.25) is 0 Å². The summed E-state index contributed by atoms with van der Waals surface area (Å²) in [5.74, 6) is 0. The van der Waals surface area contributed by atoms with Crippen molar-refractivity contribution < 1.29 is 4.42 Å². The van der Waals surface area contributed by atoms with Gasteiger partial charge < -0.3 is 9.32 Å². The Labute approximate surface area is 279 Å². The number of nitrogens with zero attached hydrogens (tertiary/aromatic N) is 1. The van der Waals surface area contributed by atoms with Crippen molar-refractivity contribution in [3.63, 3.8) is 0 Å². The lowest BCUT2D eigenvalue weighted by Gasteiger charge is -2.31.